The van der Waals surface area contributed by atoms with Gasteiger partial charge in [-0.05, 0) is 7.05 Å². The summed E-state index contributed by atoms with van der Waals surface area (Å²) in [4.78, 5) is 0. The van der Waals surface area contributed by atoms with Crippen LogP contribution in [-0.2, 0) is 22.8 Å². The Morgan fingerprint density at radius 2 is 2.33 bits per heavy atom. The predicted molar refractivity (Wildman–Crippen MR) is 42.7 cm³/mol. The van der Waals surface area contributed by atoms with Crippen LogP contribution in [0.1, 0.15) is 5.69 Å². The number of nitrogens with zero attached hydrogens (tertiary/aromatic N) is 3. The van der Waals surface area contributed by atoms with Crippen LogP contribution in [0.2, 0.25) is 0 Å². The molecule has 0 bridgehead atoms. The van der Waals surface area contributed by atoms with E-state index >= 15 is 0 Å². The summed E-state index contributed by atoms with van der Waals surface area (Å²) in [6.07, 6.45) is 1.43. The molecule has 0 aliphatic carbocycles. The molecule has 0 aliphatic heterocycles. The molecule has 0 fully saturated rings. The van der Waals surface area contributed by atoms with Crippen molar-refractivity contribution in [2.75, 3.05) is 7.05 Å². The van der Waals surface area contributed by atoms with Gasteiger partial charge in [0.25, 0.3) is 0 Å². The molecule has 0 saturated carbocycles. The molecule has 1 aromatic rings. The zero-order valence-corrected chi connectivity index (χ0v) is 7.67. The summed E-state index contributed by atoms with van der Waals surface area (Å²) in [6.45, 7) is 0. The van der Waals surface area contributed by atoms with Gasteiger partial charge < -0.3 is 0 Å². The highest BCUT2D eigenvalue weighted by Gasteiger charge is 2.11. The van der Waals surface area contributed by atoms with Crippen LogP contribution in [0.5, 0.6) is 0 Å². The SMILES string of the molecule is CNS(=O)(=O)Cc1cnnn1C. The molecule has 6 nitrogen and oxygen atoms in total. The van der Waals surface area contributed by atoms with Gasteiger partial charge in [0, 0.05) is 7.05 Å². The van der Waals surface area contributed by atoms with Crippen LogP contribution in [0.15, 0.2) is 6.20 Å². The van der Waals surface area contributed by atoms with Gasteiger partial charge in [0.15, 0.2) is 0 Å². The molecule has 0 radical (unpaired) electrons. The average molecular weight is 190 g/mol. The number of rotatable bonds is 3. The lowest BCUT2D eigenvalue weighted by Gasteiger charge is -2.00. The molecule has 1 heterocycles. The number of hydrogen-bond acceptors (Lipinski definition) is 4. The van der Waals surface area contributed by atoms with Gasteiger partial charge in [-0.15, -0.1) is 5.10 Å². The van der Waals surface area contributed by atoms with Gasteiger partial charge in [0.1, 0.15) is 5.75 Å². The van der Waals surface area contributed by atoms with Crippen LogP contribution < -0.4 is 4.72 Å². The molecule has 0 atom stereocenters. The van der Waals surface area contributed by atoms with E-state index in [9.17, 15) is 8.42 Å². The lowest BCUT2D eigenvalue weighted by Crippen LogP contribution is -2.21. The first-order valence-electron chi connectivity index (χ1n) is 3.30. The highest BCUT2D eigenvalue weighted by atomic mass is 32.2. The second kappa shape index (κ2) is 3.20. The van der Waals surface area contributed by atoms with Crippen LogP contribution in [0, 0.1) is 0 Å². The largest absolute Gasteiger partial charge is 0.251 e. The highest BCUT2D eigenvalue weighted by Crippen LogP contribution is 1.99. The lowest BCUT2D eigenvalue weighted by atomic mass is 10.5. The molecule has 0 aliphatic rings. The Hall–Kier alpha value is -0.950. The first-order chi connectivity index (χ1) is 5.55. The minimum absolute atomic E-state index is 0.0903. The molecule has 0 amide bonds. The molecule has 0 unspecified atom stereocenters. The lowest BCUT2D eigenvalue weighted by molar-refractivity contribution is 0.583. The van der Waals surface area contributed by atoms with E-state index < -0.39 is 10.0 Å². The fourth-order valence-corrected chi connectivity index (χ4v) is 1.50. The quantitative estimate of drug-likeness (QED) is 0.654. The number of aryl methyl sites for hydroxylation is 1. The van der Waals surface area contributed by atoms with Crippen LogP contribution >= 0.6 is 0 Å². The predicted octanol–water partition coefficient (Wildman–Crippen LogP) is -1.14. The number of aromatic nitrogens is 3. The monoisotopic (exact) mass is 190 g/mol. The third-order valence-corrected chi connectivity index (χ3v) is 2.75. The summed E-state index contributed by atoms with van der Waals surface area (Å²) in [6, 6.07) is 0. The average Bonchev–Trinajstić information content (AvgIpc) is 2.36. The standard InChI is InChI=1S/C5H10N4O2S/c1-6-12(10,11)4-5-3-7-8-9(5)2/h3,6H,4H2,1-2H3. The number of nitrogens with one attached hydrogen (secondary N) is 1. The molecule has 68 valence electrons. The maximum absolute atomic E-state index is 11.0. The van der Waals surface area contributed by atoms with E-state index in [0.717, 1.165) is 0 Å². The van der Waals surface area contributed by atoms with Crippen LogP contribution in [0.4, 0.5) is 0 Å². The first kappa shape index (κ1) is 9.14. The summed E-state index contributed by atoms with van der Waals surface area (Å²) in [7, 11) is -0.195. The second-order valence-electron chi connectivity index (χ2n) is 2.31. The van der Waals surface area contributed by atoms with Gasteiger partial charge in [0.2, 0.25) is 10.0 Å². The van der Waals surface area contributed by atoms with Crippen molar-refractivity contribution in [3.8, 4) is 0 Å². The molecule has 1 aromatic heterocycles. The summed E-state index contributed by atoms with van der Waals surface area (Å²) in [5.74, 6) is -0.0903. The summed E-state index contributed by atoms with van der Waals surface area (Å²) in [5, 5.41) is 7.17. The molecule has 0 aromatic carbocycles. The third-order valence-electron chi connectivity index (χ3n) is 1.46. The van der Waals surface area contributed by atoms with Crippen molar-refractivity contribution < 1.29 is 8.42 Å². The maximum Gasteiger partial charge on any atom is 0.217 e. The van der Waals surface area contributed by atoms with Crippen molar-refractivity contribution in [2.24, 2.45) is 7.05 Å². The molecule has 1 N–H and O–H groups in total. The molecule has 0 saturated heterocycles. The van der Waals surface area contributed by atoms with E-state index in [4.69, 9.17) is 0 Å². The Balaban J connectivity index is 2.84. The van der Waals surface area contributed by atoms with Crippen LogP contribution in [-0.4, -0.2) is 30.5 Å². The zero-order chi connectivity index (χ0) is 9.19. The summed E-state index contributed by atoms with van der Waals surface area (Å²) >= 11 is 0. The van der Waals surface area contributed by atoms with E-state index in [-0.39, 0.29) is 5.75 Å². The van der Waals surface area contributed by atoms with E-state index in [1.165, 1.54) is 17.9 Å². The fourth-order valence-electron chi connectivity index (χ4n) is 0.708. The van der Waals surface area contributed by atoms with Crippen molar-refractivity contribution in [3.63, 3.8) is 0 Å². The van der Waals surface area contributed by atoms with Crippen LogP contribution in [0.25, 0.3) is 0 Å². The second-order valence-corrected chi connectivity index (χ2v) is 4.24. The molecule has 7 heteroatoms. The van der Waals surface area contributed by atoms with Gasteiger partial charge in [-0.3, -0.25) is 4.68 Å². The highest BCUT2D eigenvalue weighted by molar-refractivity contribution is 7.88. The first-order valence-corrected chi connectivity index (χ1v) is 4.95. The molecule has 12 heavy (non-hydrogen) atoms. The zero-order valence-electron chi connectivity index (χ0n) is 6.85. The smallest absolute Gasteiger partial charge is 0.217 e. The van der Waals surface area contributed by atoms with Gasteiger partial charge in [-0.25, -0.2) is 13.1 Å². The Morgan fingerprint density at radius 3 is 2.75 bits per heavy atom. The van der Waals surface area contributed by atoms with Crippen molar-refractivity contribution in [2.45, 2.75) is 5.75 Å². The van der Waals surface area contributed by atoms with E-state index in [1.54, 1.807) is 7.05 Å². The van der Waals surface area contributed by atoms with Gasteiger partial charge in [0.05, 0.1) is 11.9 Å². The van der Waals surface area contributed by atoms with Crippen molar-refractivity contribution >= 4 is 10.0 Å². The van der Waals surface area contributed by atoms with E-state index in [2.05, 4.69) is 15.0 Å². The normalized spacial score (nSPS) is 11.8. The van der Waals surface area contributed by atoms with Crippen LogP contribution in [0.3, 0.4) is 0 Å². The minimum atomic E-state index is -3.22. The Kier molecular flexibility index (Phi) is 2.43. The van der Waals surface area contributed by atoms with E-state index in [0.29, 0.717) is 5.69 Å². The summed E-state index contributed by atoms with van der Waals surface area (Å²) in [5.41, 5.74) is 0.560. The summed E-state index contributed by atoms with van der Waals surface area (Å²) < 4.78 is 25.7. The van der Waals surface area contributed by atoms with Gasteiger partial charge in [-0.1, -0.05) is 5.21 Å². The fraction of sp³-hybridized carbons (Fsp3) is 0.600. The Labute approximate surface area is 70.6 Å². The molecule has 0 spiro atoms. The Morgan fingerprint density at radius 1 is 1.67 bits per heavy atom. The molecule has 1 rings (SSSR count). The Bertz CT molecular complexity index is 355. The molecular weight excluding hydrogens is 180 g/mol. The van der Waals surface area contributed by atoms with Crippen molar-refractivity contribution in [1.29, 1.82) is 0 Å². The van der Waals surface area contributed by atoms with Gasteiger partial charge in [-0.2, -0.15) is 0 Å². The minimum Gasteiger partial charge on any atom is -0.251 e. The maximum atomic E-state index is 11.0. The van der Waals surface area contributed by atoms with E-state index in [1.807, 2.05) is 0 Å². The third kappa shape index (κ3) is 2.02. The molecular formula is C5H10N4O2S. The number of sulfonamides is 1. The van der Waals surface area contributed by atoms with Gasteiger partial charge >= 0.3 is 0 Å². The van der Waals surface area contributed by atoms with Crippen molar-refractivity contribution in [1.82, 2.24) is 19.7 Å². The van der Waals surface area contributed by atoms with Crippen molar-refractivity contribution in [3.05, 3.63) is 11.9 Å². The topological polar surface area (TPSA) is 76.9 Å². The number of hydrogen-bond donors (Lipinski definition) is 1.